The van der Waals surface area contributed by atoms with Crippen molar-refractivity contribution in [2.75, 3.05) is 11.9 Å². The van der Waals surface area contributed by atoms with Crippen LogP contribution in [0.1, 0.15) is 19.8 Å². The number of nitrogens with zero attached hydrogens (tertiary/aromatic N) is 2. The second-order valence-corrected chi connectivity index (χ2v) is 7.59. The lowest BCUT2D eigenvalue weighted by molar-refractivity contribution is -0.134. The van der Waals surface area contributed by atoms with Crippen molar-refractivity contribution >= 4 is 60.9 Å². The zero-order valence-electron chi connectivity index (χ0n) is 13.6. The van der Waals surface area contributed by atoms with Crippen LogP contribution in [-0.2, 0) is 9.59 Å². The molecule has 2 aromatic carbocycles. The molecule has 0 saturated carbocycles. The van der Waals surface area contributed by atoms with Crippen LogP contribution in [0.15, 0.2) is 30.3 Å². The molecule has 128 valence electrons. The molecule has 3 aromatic rings. The van der Waals surface area contributed by atoms with Crippen LogP contribution in [-0.4, -0.2) is 34.3 Å². The molecule has 7 heteroatoms. The molecule has 1 aromatic heterocycles. The number of hydrogen-bond acceptors (Lipinski definition) is 4. The number of carbonyl (C=O) groups is 2. The van der Waals surface area contributed by atoms with Gasteiger partial charge in [-0.05, 0) is 36.4 Å². The first-order valence-electron chi connectivity index (χ1n) is 8.10. The van der Waals surface area contributed by atoms with Crippen molar-refractivity contribution in [2.45, 2.75) is 25.8 Å². The first-order chi connectivity index (χ1) is 12.0. The monoisotopic (exact) mass is 373 g/mol. The SMILES string of the molecule is CC(=O)N1CCC[C@@H]1C(=O)Nc1nc2ccc3cc(Cl)ccc3c2s1. The minimum absolute atomic E-state index is 0.0650. The summed E-state index contributed by atoms with van der Waals surface area (Å²) in [7, 11) is 0. The Balaban J connectivity index is 1.65. The van der Waals surface area contributed by atoms with E-state index in [0.717, 1.165) is 27.4 Å². The molecular weight excluding hydrogens is 358 g/mol. The number of benzene rings is 2. The summed E-state index contributed by atoms with van der Waals surface area (Å²) in [6.45, 7) is 2.14. The first kappa shape index (κ1) is 16.3. The highest BCUT2D eigenvalue weighted by atomic mass is 35.5. The first-order valence-corrected chi connectivity index (χ1v) is 9.29. The van der Waals surface area contributed by atoms with E-state index in [2.05, 4.69) is 10.3 Å². The molecule has 2 heterocycles. The fourth-order valence-corrected chi connectivity index (χ4v) is 4.53. The average Bonchev–Trinajstić information content (AvgIpc) is 3.20. The van der Waals surface area contributed by atoms with Crippen molar-refractivity contribution in [2.24, 2.45) is 0 Å². The number of amides is 2. The number of rotatable bonds is 2. The normalized spacial score (nSPS) is 17.4. The van der Waals surface area contributed by atoms with Gasteiger partial charge in [0.25, 0.3) is 0 Å². The molecule has 0 unspecified atom stereocenters. The predicted octanol–water partition coefficient (Wildman–Crippen LogP) is 4.05. The number of anilines is 1. The van der Waals surface area contributed by atoms with Crippen LogP contribution in [0, 0.1) is 0 Å². The van der Waals surface area contributed by atoms with Crippen LogP contribution in [0.3, 0.4) is 0 Å². The number of fused-ring (bicyclic) bond motifs is 3. The number of carbonyl (C=O) groups excluding carboxylic acids is 2. The second-order valence-electron chi connectivity index (χ2n) is 6.16. The number of aromatic nitrogens is 1. The van der Waals surface area contributed by atoms with Gasteiger partial charge in [0.2, 0.25) is 11.8 Å². The van der Waals surface area contributed by atoms with Crippen molar-refractivity contribution in [3.05, 3.63) is 35.4 Å². The summed E-state index contributed by atoms with van der Waals surface area (Å²) in [6, 6.07) is 9.24. The van der Waals surface area contributed by atoms with Crippen molar-refractivity contribution < 1.29 is 9.59 Å². The van der Waals surface area contributed by atoms with Gasteiger partial charge in [-0.2, -0.15) is 0 Å². The van der Waals surface area contributed by atoms with Crippen molar-refractivity contribution in [1.29, 1.82) is 0 Å². The van der Waals surface area contributed by atoms with Gasteiger partial charge in [-0.25, -0.2) is 4.98 Å². The molecule has 0 radical (unpaired) electrons. The minimum atomic E-state index is -0.403. The molecule has 25 heavy (non-hydrogen) atoms. The highest BCUT2D eigenvalue weighted by molar-refractivity contribution is 7.23. The molecule has 0 aliphatic carbocycles. The van der Waals surface area contributed by atoms with Crippen molar-refractivity contribution in [3.8, 4) is 0 Å². The van der Waals surface area contributed by atoms with Gasteiger partial charge in [-0.3, -0.25) is 9.59 Å². The van der Waals surface area contributed by atoms with Crippen molar-refractivity contribution in [3.63, 3.8) is 0 Å². The van der Waals surface area contributed by atoms with Crippen LogP contribution in [0.2, 0.25) is 5.02 Å². The third-order valence-corrected chi connectivity index (χ3v) is 5.78. The Hall–Kier alpha value is -2.18. The Labute approximate surface area is 153 Å². The zero-order valence-corrected chi connectivity index (χ0v) is 15.2. The third-order valence-electron chi connectivity index (χ3n) is 4.52. The van der Waals surface area contributed by atoms with Gasteiger partial charge in [-0.1, -0.05) is 35.1 Å². The fraction of sp³-hybridized carbons (Fsp3) is 0.278. The van der Waals surface area contributed by atoms with Gasteiger partial charge < -0.3 is 10.2 Å². The van der Waals surface area contributed by atoms with Crippen LogP contribution in [0.4, 0.5) is 5.13 Å². The van der Waals surface area contributed by atoms with Crippen LogP contribution in [0.5, 0.6) is 0 Å². The topological polar surface area (TPSA) is 62.3 Å². The molecule has 2 amide bonds. The van der Waals surface area contributed by atoms with E-state index in [1.54, 1.807) is 4.90 Å². The van der Waals surface area contributed by atoms with E-state index < -0.39 is 6.04 Å². The molecule has 1 aliphatic heterocycles. The molecule has 0 bridgehead atoms. The number of thiazole rings is 1. The van der Waals surface area contributed by atoms with E-state index >= 15 is 0 Å². The van der Waals surface area contributed by atoms with Crippen LogP contribution >= 0.6 is 22.9 Å². The number of likely N-dealkylation sites (tertiary alicyclic amines) is 1. The molecule has 0 spiro atoms. The standard InChI is InChI=1S/C18H16ClN3O2S/c1-10(23)22-8-2-3-15(22)17(24)21-18-20-14-7-4-11-9-12(19)5-6-13(11)16(14)25-18/h4-7,9,15H,2-3,8H2,1H3,(H,20,21,24)/t15-/m1/s1. The maximum absolute atomic E-state index is 12.6. The second kappa shape index (κ2) is 6.28. The van der Waals surface area contributed by atoms with Gasteiger partial charge in [-0.15, -0.1) is 0 Å². The summed E-state index contributed by atoms with van der Waals surface area (Å²) in [5.74, 6) is -0.232. The summed E-state index contributed by atoms with van der Waals surface area (Å²) < 4.78 is 1.01. The quantitative estimate of drug-likeness (QED) is 0.737. The highest BCUT2D eigenvalue weighted by Gasteiger charge is 2.32. The molecule has 1 N–H and O–H groups in total. The lowest BCUT2D eigenvalue weighted by Gasteiger charge is -2.21. The molecule has 1 saturated heterocycles. The van der Waals surface area contributed by atoms with E-state index in [-0.39, 0.29) is 11.8 Å². The summed E-state index contributed by atoms with van der Waals surface area (Å²) in [6.07, 6.45) is 1.54. The summed E-state index contributed by atoms with van der Waals surface area (Å²) >= 11 is 7.49. The van der Waals surface area contributed by atoms with E-state index in [1.807, 2.05) is 30.3 Å². The van der Waals surface area contributed by atoms with E-state index in [4.69, 9.17) is 11.6 Å². The fourth-order valence-electron chi connectivity index (χ4n) is 3.34. The highest BCUT2D eigenvalue weighted by Crippen LogP contribution is 2.34. The van der Waals surface area contributed by atoms with E-state index in [1.165, 1.54) is 18.3 Å². The van der Waals surface area contributed by atoms with Gasteiger partial charge >= 0.3 is 0 Å². The Morgan fingerprint density at radius 3 is 2.96 bits per heavy atom. The Kier molecular flexibility index (Phi) is 4.09. The lowest BCUT2D eigenvalue weighted by atomic mass is 10.1. The maximum atomic E-state index is 12.6. The third kappa shape index (κ3) is 2.96. The smallest absolute Gasteiger partial charge is 0.248 e. The Bertz CT molecular complexity index is 1000. The summed E-state index contributed by atoms with van der Waals surface area (Å²) in [5.41, 5.74) is 0.838. The minimum Gasteiger partial charge on any atom is -0.331 e. The number of halogens is 1. The van der Waals surface area contributed by atoms with E-state index in [0.29, 0.717) is 23.1 Å². The van der Waals surface area contributed by atoms with Crippen molar-refractivity contribution in [1.82, 2.24) is 9.88 Å². The molecule has 1 aliphatic rings. The van der Waals surface area contributed by atoms with E-state index in [9.17, 15) is 9.59 Å². The Morgan fingerprint density at radius 2 is 2.16 bits per heavy atom. The molecular formula is C18H16ClN3O2S. The predicted molar refractivity (Wildman–Crippen MR) is 101 cm³/mol. The molecule has 1 atom stereocenters. The zero-order chi connectivity index (χ0) is 17.6. The van der Waals surface area contributed by atoms with Gasteiger partial charge in [0.05, 0.1) is 10.2 Å². The van der Waals surface area contributed by atoms with Gasteiger partial charge in [0.15, 0.2) is 5.13 Å². The summed E-state index contributed by atoms with van der Waals surface area (Å²) in [4.78, 5) is 30.4. The number of hydrogen-bond donors (Lipinski definition) is 1. The summed E-state index contributed by atoms with van der Waals surface area (Å²) in [5, 5.41) is 6.23. The lowest BCUT2D eigenvalue weighted by Crippen LogP contribution is -2.42. The van der Waals surface area contributed by atoms with Gasteiger partial charge in [0, 0.05) is 23.9 Å². The Morgan fingerprint density at radius 1 is 1.32 bits per heavy atom. The molecule has 5 nitrogen and oxygen atoms in total. The number of nitrogens with one attached hydrogen (secondary N) is 1. The average molecular weight is 374 g/mol. The molecule has 1 fully saturated rings. The van der Waals surface area contributed by atoms with Crippen LogP contribution < -0.4 is 5.32 Å². The molecule has 4 rings (SSSR count). The maximum Gasteiger partial charge on any atom is 0.248 e. The van der Waals surface area contributed by atoms with Crippen LogP contribution in [0.25, 0.3) is 21.0 Å². The largest absolute Gasteiger partial charge is 0.331 e. The van der Waals surface area contributed by atoms with Gasteiger partial charge in [0.1, 0.15) is 6.04 Å².